The molecule has 0 radical (unpaired) electrons. The molecule has 2 rings (SSSR count). The van der Waals surface area contributed by atoms with Gasteiger partial charge in [-0.05, 0) is 18.1 Å². The first-order valence-corrected chi connectivity index (χ1v) is 8.59. The van der Waals surface area contributed by atoms with E-state index < -0.39 is 15.8 Å². The number of carbonyl (C=O) groups is 1. The Morgan fingerprint density at radius 2 is 2.14 bits per heavy atom. The minimum Gasteiger partial charge on any atom is -0.352 e. The number of rotatable bonds is 3. The molecular weight excluding hydrogens is 288 g/mol. The van der Waals surface area contributed by atoms with E-state index in [2.05, 4.69) is 17.2 Å². The third-order valence-corrected chi connectivity index (χ3v) is 5.17. The maximum atomic E-state index is 12.0. The smallest absolute Gasteiger partial charge is 0.224 e. The average Bonchev–Trinajstić information content (AvgIpc) is 2.83. The lowest BCUT2D eigenvalue weighted by Gasteiger charge is -2.10. The number of carbonyl (C=O) groups excluding carboxylic acids is 1. The molecule has 0 aliphatic carbocycles. The molecule has 112 valence electrons. The molecule has 1 saturated heterocycles. The Bertz CT molecular complexity index is 686. The van der Waals surface area contributed by atoms with Gasteiger partial charge < -0.3 is 11.1 Å². The van der Waals surface area contributed by atoms with E-state index in [0.717, 1.165) is 11.1 Å². The molecule has 1 heterocycles. The number of sulfone groups is 1. The highest BCUT2D eigenvalue weighted by Crippen LogP contribution is 2.18. The van der Waals surface area contributed by atoms with Crippen LogP contribution in [0, 0.1) is 17.8 Å². The summed E-state index contributed by atoms with van der Waals surface area (Å²) in [6.07, 6.45) is 0.406. The number of nitrogens with one attached hydrogen (secondary N) is 1. The maximum absolute atomic E-state index is 12.0. The fourth-order valence-electron chi connectivity index (χ4n) is 2.27. The number of benzene rings is 1. The normalized spacial score (nSPS) is 19.6. The summed E-state index contributed by atoms with van der Waals surface area (Å²) in [4.78, 5) is 12.0. The summed E-state index contributed by atoms with van der Waals surface area (Å²) < 4.78 is 22.8. The van der Waals surface area contributed by atoms with Crippen LogP contribution in [-0.4, -0.2) is 32.4 Å². The summed E-state index contributed by atoms with van der Waals surface area (Å²) in [6.45, 7) is 0.617. The lowest BCUT2D eigenvalue weighted by molar-refractivity contribution is -0.124. The van der Waals surface area contributed by atoms with Crippen LogP contribution in [0.15, 0.2) is 24.3 Å². The van der Waals surface area contributed by atoms with E-state index in [1.54, 1.807) is 0 Å². The van der Waals surface area contributed by atoms with Crippen LogP contribution in [0.1, 0.15) is 17.5 Å². The summed E-state index contributed by atoms with van der Waals surface area (Å²) in [5.41, 5.74) is 7.07. The van der Waals surface area contributed by atoms with E-state index in [-0.39, 0.29) is 24.0 Å². The maximum Gasteiger partial charge on any atom is 0.224 e. The summed E-state index contributed by atoms with van der Waals surface area (Å²) in [5, 5.41) is 2.79. The van der Waals surface area contributed by atoms with Gasteiger partial charge >= 0.3 is 0 Å². The molecule has 1 unspecified atom stereocenters. The number of hydrogen-bond donors (Lipinski definition) is 2. The van der Waals surface area contributed by atoms with Crippen LogP contribution in [0.2, 0.25) is 0 Å². The third-order valence-electron chi connectivity index (χ3n) is 3.40. The quantitative estimate of drug-likeness (QED) is 0.772. The minimum atomic E-state index is -3.04. The van der Waals surface area contributed by atoms with Crippen molar-refractivity contribution in [2.75, 3.05) is 18.1 Å². The van der Waals surface area contributed by atoms with Crippen molar-refractivity contribution in [2.45, 2.75) is 13.0 Å². The van der Waals surface area contributed by atoms with Gasteiger partial charge in [-0.15, -0.1) is 0 Å². The van der Waals surface area contributed by atoms with Gasteiger partial charge in [-0.25, -0.2) is 8.42 Å². The summed E-state index contributed by atoms with van der Waals surface area (Å²) in [6, 6.07) is 7.49. The van der Waals surface area contributed by atoms with Crippen LogP contribution in [-0.2, 0) is 21.2 Å². The Morgan fingerprint density at radius 1 is 1.38 bits per heavy atom. The Hall–Kier alpha value is -1.84. The zero-order valence-corrected chi connectivity index (χ0v) is 12.4. The van der Waals surface area contributed by atoms with E-state index in [0.29, 0.717) is 13.0 Å². The highest BCUT2D eigenvalue weighted by molar-refractivity contribution is 7.91. The average molecular weight is 306 g/mol. The largest absolute Gasteiger partial charge is 0.352 e. The van der Waals surface area contributed by atoms with Crippen molar-refractivity contribution in [3.63, 3.8) is 0 Å². The van der Waals surface area contributed by atoms with Gasteiger partial charge in [0.05, 0.1) is 24.0 Å². The molecule has 6 heteroatoms. The summed E-state index contributed by atoms with van der Waals surface area (Å²) >= 11 is 0. The lowest BCUT2D eigenvalue weighted by Crippen LogP contribution is -2.31. The van der Waals surface area contributed by atoms with E-state index in [1.807, 2.05) is 24.3 Å². The van der Waals surface area contributed by atoms with Crippen molar-refractivity contribution in [3.05, 3.63) is 35.4 Å². The Morgan fingerprint density at radius 3 is 2.81 bits per heavy atom. The van der Waals surface area contributed by atoms with Crippen molar-refractivity contribution in [3.8, 4) is 11.8 Å². The van der Waals surface area contributed by atoms with E-state index >= 15 is 0 Å². The van der Waals surface area contributed by atoms with Crippen LogP contribution >= 0.6 is 0 Å². The van der Waals surface area contributed by atoms with E-state index in [4.69, 9.17) is 5.73 Å². The van der Waals surface area contributed by atoms with Crippen molar-refractivity contribution in [2.24, 2.45) is 11.7 Å². The number of hydrogen-bond acceptors (Lipinski definition) is 4. The van der Waals surface area contributed by atoms with Crippen molar-refractivity contribution < 1.29 is 13.2 Å². The van der Waals surface area contributed by atoms with Gasteiger partial charge in [0.2, 0.25) is 5.91 Å². The second kappa shape index (κ2) is 6.74. The lowest BCUT2D eigenvalue weighted by atomic mass is 10.1. The Balaban J connectivity index is 1.99. The molecular formula is C15H18N2O3S. The first-order chi connectivity index (χ1) is 10.0. The van der Waals surface area contributed by atoms with Crippen LogP contribution in [0.5, 0.6) is 0 Å². The molecule has 1 aromatic rings. The second-order valence-corrected chi connectivity index (χ2v) is 7.21. The number of amides is 1. The molecule has 1 atom stereocenters. The standard InChI is InChI=1S/C15H18N2O3S/c16-8-3-6-12-4-1-2-5-13(12)10-17-15(18)14-7-9-21(19,20)11-14/h1-2,4-5,14H,7-11,16H2,(H,17,18). The SMILES string of the molecule is NCC#Cc1ccccc1CNC(=O)C1CCS(=O)(=O)C1. The van der Waals surface area contributed by atoms with Crippen LogP contribution in [0.3, 0.4) is 0 Å². The summed E-state index contributed by atoms with van der Waals surface area (Å²) in [7, 11) is -3.04. The molecule has 1 amide bonds. The Kier molecular flexibility index (Phi) is 4.99. The zero-order valence-electron chi connectivity index (χ0n) is 11.6. The zero-order chi connectivity index (χ0) is 15.3. The highest BCUT2D eigenvalue weighted by Gasteiger charge is 2.32. The first-order valence-electron chi connectivity index (χ1n) is 6.77. The van der Waals surface area contributed by atoms with Crippen molar-refractivity contribution in [1.29, 1.82) is 0 Å². The molecule has 1 aromatic carbocycles. The Labute approximate surface area is 124 Å². The van der Waals surface area contributed by atoms with Gasteiger partial charge in [0.1, 0.15) is 0 Å². The molecule has 3 N–H and O–H groups in total. The van der Waals surface area contributed by atoms with Gasteiger partial charge in [-0.2, -0.15) is 0 Å². The molecule has 1 fully saturated rings. The monoisotopic (exact) mass is 306 g/mol. The topological polar surface area (TPSA) is 89.3 Å². The molecule has 1 aliphatic heterocycles. The molecule has 21 heavy (non-hydrogen) atoms. The van der Waals surface area contributed by atoms with E-state index in [9.17, 15) is 13.2 Å². The molecule has 0 aromatic heterocycles. The van der Waals surface area contributed by atoms with Gasteiger partial charge in [0.15, 0.2) is 9.84 Å². The van der Waals surface area contributed by atoms with Crippen molar-refractivity contribution >= 4 is 15.7 Å². The summed E-state index contributed by atoms with van der Waals surface area (Å²) in [5.74, 6) is 5.15. The van der Waals surface area contributed by atoms with Gasteiger partial charge in [0, 0.05) is 12.1 Å². The van der Waals surface area contributed by atoms with Crippen LogP contribution in [0.4, 0.5) is 0 Å². The van der Waals surface area contributed by atoms with Crippen LogP contribution in [0.25, 0.3) is 0 Å². The minimum absolute atomic E-state index is 0.0482. The predicted octanol–water partition coefficient (Wildman–Crippen LogP) is 0.0477. The third kappa shape index (κ3) is 4.31. The molecule has 0 bridgehead atoms. The van der Waals surface area contributed by atoms with E-state index in [1.165, 1.54) is 0 Å². The second-order valence-electron chi connectivity index (χ2n) is 4.98. The van der Waals surface area contributed by atoms with Gasteiger partial charge in [0.25, 0.3) is 0 Å². The number of nitrogens with two attached hydrogens (primary N) is 1. The van der Waals surface area contributed by atoms with Gasteiger partial charge in [-0.1, -0.05) is 30.0 Å². The van der Waals surface area contributed by atoms with Crippen molar-refractivity contribution in [1.82, 2.24) is 5.32 Å². The molecule has 0 spiro atoms. The predicted molar refractivity (Wildman–Crippen MR) is 81.0 cm³/mol. The molecule has 5 nitrogen and oxygen atoms in total. The molecule has 1 aliphatic rings. The first kappa shape index (κ1) is 15.5. The van der Waals surface area contributed by atoms with Crippen LogP contribution < -0.4 is 11.1 Å². The van der Waals surface area contributed by atoms with Gasteiger partial charge in [-0.3, -0.25) is 4.79 Å². The fourth-order valence-corrected chi connectivity index (χ4v) is 4.01. The fraction of sp³-hybridized carbons (Fsp3) is 0.400. The highest BCUT2D eigenvalue weighted by atomic mass is 32.2. The molecule has 0 saturated carbocycles.